The highest BCUT2D eigenvalue weighted by atomic mass is 16.5. The van der Waals surface area contributed by atoms with Gasteiger partial charge in [0.25, 0.3) is 0 Å². The number of carbonyl (C=O) groups is 2. The molecule has 1 aromatic carbocycles. The van der Waals surface area contributed by atoms with Gasteiger partial charge in [-0.3, -0.25) is 9.59 Å². The zero-order valence-electron chi connectivity index (χ0n) is 14.6. The Morgan fingerprint density at radius 3 is 2.88 bits per heavy atom. The maximum atomic E-state index is 12.4. The lowest BCUT2D eigenvalue weighted by molar-refractivity contribution is -0.126. The van der Waals surface area contributed by atoms with Crippen molar-refractivity contribution >= 4 is 17.5 Å². The molecular weight excluding hydrogens is 324 g/mol. The maximum Gasteiger partial charge on any atom is 0.227 e. The van der Waals surface area contributed by atoms with Crippen LogP contribution < -0.4 is 19.7 Å². The van der Waals surface area contributed by atoms with Crippen LogP contribution in [0.15, 0.2) is 18.2 Å². The molecule has 3 rings (SSSR count). The molecule has 25 heavy (non-hydrogen) atoms. The van der Waals surface area contributed by atoms with Crippen molar-refractivity contribution in [1.82, 2.24) is 5.32 Å². The summed E-state index contributed by atoms with van der Waals surface area (Å²) in [5, 5.41) is 2.96. The van der Waals surface area contributed by atoms with Crippen molar-refractivity contribution in [2.75, 3.05) is 45.4 Å². The van der Waals surface area contributed by atoms with Crippen molar-refractivity contribution in [3.63, 3.8) is 0 Å². The van der Waals surface area contributed by atoms with E-state index in [0.717, 1.165) is 13.0 Å². The van der Waals surface area contributed by atoms with Gasteiger partial charge in [0.05, 0.1) is 32.4 Å². The number of nitrogens with zero attached hydrogens (tertiary/aromatic N) is 1. The molecule has 7 heteroatoms. The van der Waals surface area contributed by atoms with Crippen LogP contribution in [0.2, 0.25) is 0 Å². The van der Waals surface area contributed by atoms with Gasteiger partial charge in [0.1, 0.15) is 11.5 Å². The van der Waals surface area contributed by atoms with Crippen molar-refractivity contribution in [3.05, 3.63) is 18.2 Å². The van der Waals surface area contributed by atoms with Crippen LogP contribution in [0.25, 0.3) is 0 Å². The van der Waals surface area contributed by atoms with E-state index in [2.05, 4.69) is 5.32 Å². The van der Waals surface area contributed by atoms with Crippen LogP contribution in [0.4, 0.5) is 5.69 Å². The molecule has 2 saturated heterocycles. The first kappa shape index (κ1) is 17.5. The first-order valence-corrected chi connectivity index (χ1v) is 8.50. The third-order valence-corrected chi connectivity index (χ3v) is 4.76. The summed E-state index contributed by atoms with van der Waals surface area (Å²) in [7, 11) is 3.13. The number of nitrogens with one attached hydrogen (secondary N) is 1. The molecule has 0 aromatic heterocycles. The van der Waals surface area contributed by atoms with Gasteiger partial charge in [0, 0.05) is 38.1 Å². The molecule has 7 nitrogen and oxygen atoms in total. The summed E-state index contributed by atoms with van der Waals surface area (Å²) in [6, 6.07) is 5.29. The Balaban J connectivity index is 1.66. The smallest absolute Gasteiger partial charge is 0.227 e. The summed E-state index contributed by atoms with van der Waals surface area (Å²) in [6.45, 7) is 2.39. The summed E-state index contributed by atoms with van der Waals surface area (Å²) >= 11 is 0. The second kappa shape index (κ2) is 7.74. The number of methoxy groups -OCH3 is 2. The Morgan fingerprint density at radius 2 is 2.20 bits per heavy atom. The van der Waals surface area contributed by atoms with Gasteiger partial charge < -0.3 is 24.4 Å². The van der Waals surface area contributed by atoms with Crippen molar-refractivity contribution in [3.8, 4) is 11.5 Å². The van der Waals surface area contributed by atoms with Crippen LogP contribution in [0.3, 0.4) is 0 Å². The fraction of sp³-hybridized carbons (Fsp3) is 0.556. The van der Waals surface area contributed by atoms with Gasteiger partial charge in [-0.15, -0.1) is 0 Å². The number of hydrogen-bond donors (Lipinski definition) is 1. The van der Waals surface area contributed by atoms with Crippen molar-refractivity contribution in [2.45, 2.75) is 12.8 Å². The van der Waals surface area contributed by atoms with Crippen LogP contribution in [-0.2, 0) is 14.3 Å². The lowest BCUT2D eigenvalue weighted by Crippen LogP contribution is -2.36. The van der Waals surface area contributed by atoms with Gasteiger partial charge in [-0.25, -0.2) is 0 Å². The molecule has 1 N–H and O–H groups in total. The van der Waals surface area contributed by atoms with Crippen molar-refractivity contribution < 1.29 is 23.8 Å². The van der Waals surface area contributed by atoms with E-state index in [1.54, 1.807) is 37.3 Å². The molecule has 0 saturated carbocycles. The molecule has 0 aliphatic carbocycles. The van der Waals surface area contributed by atoms with Crippen molar-refractivity contribution in [1.29, 1.82) is 0 Å². The zero-order valence-corrected chi connectivity index (χ0v) is 14.6. The number of hydrogen-bond acceptors (Lipinski definition) is 5. The minimum Gasteiger partial charge on any atom is -0.497 e. The largest absolute Gasteiger partial charge is 0.497 e. The average Bonchev–Trinajstić information content (AvgIpc) is 3.28. The lowest BCUT2D eigenvalue weighted by Gasteiger charge is -2.20. The standard InChI is InChI=1S/C18H24N2O5/c1-23-14-3-4-16(24-2)15(8-14)20-10-13(7-17(20)21)18(22)19-9-12-5-6-25-11-12/h3-4,8,12-13H,5-7,9-11H2,1-2H3,(H,19,22)/t12-,13+/m1/s1. The predicted molar refractivity (Wildman–Crippen MR) is 91.9 cm³/mol. The zero-order chi connectivity index (χ0) is 17.8. The molecule has 0 unspecified atom stereocenters. The fourth-order valence-electron chi connectivity index (χ4n) is 3.26. The summed E-state index contributed by atoms with van der Waals surface area (Å²) in [5.74, 6) is 1.07. The van der Waals surface area contributed by atoms with E-state index in [9.17, 15) is 9.59 Å². The van der Waals surface area contributed by atoms with Crippen LogP contribution >= 0.6 is 0 Å². The van der Waals surface area contributed by atoms with E-state index in [-0.39, 0.29) is 24.2 Å². The SMILES string of the molecule is COc1ccc(OC)c(N2C[C@@H](C(=O)NC[C@H]3CCOC3)CC2=O)c1. The third kappa shape index (κ3) is 3.87. The summed E-state index contributed by atoms with van der Waals surface area (Å²) in [5.41, 5.74) is 0.631. The molecule has 2 atom stereocenters. The molecular formula is C18H24N2O5. The molecule has 2 fully saturated rings. The van der Waals surface area contributed by atoms with E-state index in [0.29, 0.717) is 42.8 Å². The second-order valence-electron chi connectivity index (χ2n) is 6.42. The number of carbonyl (C=O) groups excluding carboxylic acids is 2. The number of ether oxygens (including phenoxy) is 3. The summed E-state index contributed by atoms with van der Waals surface area (Å²) < 4.78 is 15.9. The van der Waals surface area contributed by atoms with Crippen LogP contribution in [0.1, 0.15) is 12.8 Å². The van der Waals surface area contributed by atoms with E-state index >= 15 is 0 Å². The van der Waals surface area contributed by atoms with Gasteiger partial charge >= 0.3 is 0 Å². The number of benzene rings is 1. The minimum atomic E-state index is -0.356. The molecule has 0 spiro atoms. The molecule has 2 heterocycles. The molecule has 136 valence electrons. The maximum absolute atomic E-state index is 12.4. The Bertz CT molecular complexity index is 642. The Morgan fingerprint density at radius 1 is 1.36 bits per heavy atom. The van der Waals surface area contributed by atoms with E-state index in [1.807, 2.05) is 0 Å². The Labute approximate surface area is 147 Å². The summed E-state index contributed by atoms with van der Waals surface area (Å²) in [6.07, 6.45) is 1.17. The first-order chi connectivity index (χ1) is 12.1. The number of amides is 2. The second-order valence-corrected chi connectivity index (χ2v) is 6.42. The normalized spacial score (nSPS) is 23.0. The van der Waals surface area contributed by atoms with Gasteiger partial charge in [-0.1, -0.05) is 0 Å². The molecule has 2 aliphatic heterocycles. The average molecular weight is 348 g/mol. The topological polar surface area (TPSA) is 77.1 Å². The highest BCUT2D eigenvalue weighted by molar-refractivity contribution is 6.01. The monoisotopic (exact) mass is 348 g/mol. The van der Waals surface area contributed by atoms with Gasteiger partial charge in [-0.05, 0) is 18.6 Å². The number of rotatable bonds is 6. The first-order valence-electron chi connectivity index (χ1n) is 8.50. The van der Waals surface area contributed by atoms with E-state index in [1.165, 1.54) is 0 Å². The quantitative estimate of drug-likeness (QED) is 0.836. The molecule has 2 amide bonds. The Kier molecular flexibility index (Phi) is 5.43. The molecule has 1 aromatic rings. The van der Waals surface area contributed by atoms with Crippen LogP contribution in [0.5, 0.6) is 11.5 Å². The lowest BCUT2D eigenvalue weighted by atomic mass is 10.1. The van der Waals surface area contributed by atoms with E-state index in [4.69, 9.17) is 14.2 Å². The predicted octanol–water partition coefficient (Wildman–Crippen LogP) is 1.21. The minimum absolute atomic E-state index is 0.0791. The van der Waals surface area contributed by atoms with Crippen LogP contribution in [-0.4, -0.2) is 52.3 Å². The summed E-state index contributed by atoms with van der Waals surface area (Å²) in [4.78, 5) is 26.5. The van der Waals surface area contributed by atoms with Crippen LogP contribution in [0, 0.1) is 11.8 Å². The van der Waals surface area contributed by atoms with Crippen molar-refractivity contribution in [2.24, 2.45) is 11.8 Å². The highest BCUT2D eigenvalue weighted by Crippen LogP contribution is 2.36. The van der Waals surface area contributed by atoms with Gasteiger partial charge in [0.2, 0.25) is 11.8 Å². The van der Waals surface area contributed by atoms with Gasteiger partial charge in [-0.2, -0.15) is 0 Å². The van der Waals surface area contributed by atoms with Gasteiger partial charge in [0.15, 0.2) is 0 Å². The number of anilines is 1. The fourth-order valence-corrected chi connectivity index (χ4v) is 3.26. The Hall–Kier alpha value is -2.28. The molecule has 2 aliphatic rings. The van der Waals surface area contributed by atoms with E-state index < -0.39 is 0 Å². The third-order valence-electron chi connectivity index (χ3n) is 4.76. The molecule has 0 radical (unpaired) electrons. The highest BCUT2D eigenvalue weighted by Gasteiger charge is 2.36. The molecule has 0 bridgehead atoms.